The van der Waals surface area contributed by atoms with E-state index in [-0.39, 0.29) is 43.1 Å². The smallest absolute Gasteiger partial charge is 0.326 e. The number of aromatic nitrogens is 2. The Labute approximate surface area is 231 Å². The van der Waals surface area contributed by atoms with E-state index in [0.29, 0.717) is 5.82 Å². The molecule has 0 aliphatic carbocycles. The van der Waals surface area contributed by atoms with Gasteiger partial charge in [0.15, 0.2) is 11.5 Å². The molecule has 0 aliphatic heterocycles. The van der Waals surface area contributed by atoms with Gasteiger partial charge in [-0.2, -0.15) is 0 Å². The molecule has 0 aliphatic rings. The molecule has 216 valence electrons. The molecular weight excluding hydrogens is 520 g/mol. The maximum absolute atomic E-state index is 12.7. The van der Waals surface area contributed by atoms with Gasteiger partial charge in [-0.1, -0.05) is 12.1 Å². The second-order valence-corrected chi connectivity index (χ2v) is 9.98. The highest BCUT2D eigenvalue weighted by Crippen LogP contribution is 2.21. The van der Waals surface area contributed by atoms with Crippen LogP contribution in [0.15, 0.2) is 35.5 Å². The van der Waals surface area contributed by atoms with Crippen LogP contribution in [0, 0.1) is 0 Å². The number of rotatable bonds is 14. The summed E-state index contributed by atoms with van der Waals surface area (Å²) in [5, 5.41) is 30.3. The van der Waals surface area contributed by atoms with Gasteiger partial charge in [0.1, 0.15) is 11.9 Å². The van der Waals surface area contributed by atoms with Gasteiger partial charge < -0.3 is 37.2 Å². The number of benzene rings is 1. The molecule has 1 heterocycles. The third kappa shape index (κ3) is 8.81. The van der Waals surface area contributed by atoms with E-state index in [1.54, 1.807) is 39.8 Å². The summed E-state index contributed by atoms with van der Waals surface area (Å²) in [7, 11) is 0. The summed E-state index contributed by atoms with van der Waals surface area (Å²) in [5.74, 6) is -2.52. The summed E-state index contributed by atoms with van der Waals surface area (Å²) in [6.45, 7) is 9.99. The van der Waals surface area contributed by atoms with Crippen molar-refractivity contribution in [2.45, 2.75) is 64.3 Å². The molecule has 14 heteroatoms. The van der Waals surface area contributed by atoms with Crippen LogP contribution in [0.4, 0.5) is 11.6 Å². The first-order valence-electron chi connectivity index (χ1n) is 12.4. The number of aliphatic hydroxyl groups is 1. The average molecular weight is 557 g/mol. The van der Waals surface area contributed by atoms with E-state index in [9.17, 15) is 29.4 Å². The minimum atomic E-state index is -1.29. The van der Waals surface area contributed by atoms with Crippen molar-refractivity contribution in [2.75, 3.05) is 12.0 Å². The summed E-state index contributed by atoms with van der Waals surface area (Å²) >= 11 is 0. The number of aliphatic imine (C=N–C) groups is 1. The molecule has 0 saturated carbocycles. The predicted octanol–water partition coefficient (Wildman–Crippen LogP) is 0.696. The van der Waals surface area contributed by atoms with Gasteiger partial charge in [0.05, 0.1) is 24.0 Å². The molecule has 14 nitrogen and oxygen atoms in total. The van der Waals surface area contributed by atoms with Crippen LogP contribution < -0.4 is 27.0 Å². The lowest BCUT2D eigenvalue weighted by atomic mass is 9.86. The number of nitrogens with two attached hydrogens (primary N) is 1. The van der Waals surface area contributed by atoms with Gasteiger partial charge in [-0.3, -0.25) is 14.4 Å². The van der Waals surface area contributed by atoms with Gasteiger partial charge in [0.25, 0.3) is 11.8 Å². The van der Waals surface area contributed by atoms with E-state index >= 15 is 0 Å². The number of nitrogens with one attached hydrogen (secondary N) is 4. The normalized spacial score (nSPS) is 12.2. The van der Waals surface area contributed by atoms with Crippen molar-refractivity contribution in [1.29, 1.82) is 0 Å². The van der Waals surface area contributed by atoms with Crippen molar-refractivity contribution in [3.05, 3.63) is 47.3 Å². The van der Waals surface area contributed by atoms with E-state index < -0.39 is 40.9 Å². The van der Waals surface area contributed by atoms with E-state index in [0.717, 1.165) is 5.56 Å². The zero-order valence-electron chi connectivity index (χ0n) is 22.9. The Morgan fingerprint density at radius 3 is 2.30 bits per heavy atom. The lowest BCUT2D eigenvalue weighted by Gasteiger charge is -2.38. The zero-order valence-corrected chi connectivity index (χ0v) is 22.9. The molecule has 40 heavy (non-hydrogen) atoms. The predicted molar refractivity (Wildman–Crippen MR) is 148 cm³/mol. The van der Waals surface area contributed by atoms with E-state index in [1.165, 1.54) is 18.3 Å². The van der Waals surface area contributed by atoms with Crippen LogP contribution >= 0.6 is 0 Å². The van der Waals surface area contributed by atoms with Crippen molar-refractivity contribution in [3.63, 3.8) is 0 Å². The number of anilines is 1. The SMILES string of the molecule is C=Nc1ncc(NCc2ccc(C(=O)NC(CCC(=O)NC(C)(C)C(C)(C)O)C(=O)O)cc2)nc1C(=O)NCN. The van der Waals surface area contributed by atoms with Crippen LogP contribution in [0.25, 0.3) is 0 Å². The fraction of sp³-hybridized carbons (Fsp3) is 0.423. The quantitative estimate of drug-likeness (QED) is 0.127. The monoisotopic (exact) mass is 556 g/mol. The second-order valence-electron chi connectivity index (χ2n) is 9.98. The van der Waals surface area contributed by atoms with Crippen LogP contribution in [0.1, 0.15) is 66.9 Å². The fourth-order valence-electron chi connectivity index (χ4n) is 3.22. The highest BCUT2D eigenvalue weighted by molar-refractivity contribution is 5.97. The van der Waals surface area contributed by atoms with Crippen LogP contribution in [0.5, 0.6) is 0 Å². The molecule has 1 unspecified atom stereocenters. The van der Waals surface area contributed by atoms with Crippen molar-refractivity contribution >= 4 is 42.0 Å². The average Bonchev–Trinajstić information content (AvgIpc) is 2.88. The van der Waals surface area contributed by atoms with Gasteiger partial charge in [0, 0.05) is 18.5 Å². The molecule has 1 aromatic carbocycles. The molecule has 3 amide bonds. The van der Waals surface area contributed by atoms with Crippen molar-refractivity contribution in [3.8, 4) is 0 Å². The van der Waals surface area contributed by atoms with E-state index in [4.69, 9.17) is 5.73 Å². The first-order valence-corrected chi connectivity index (χ1v) is 12.4. The van der Waals surface area contributed by atoms with Crippen molar-refractivity contribution < 1.29 is 29.4 Å². The van der Waals surface area contributed by atoms with Gasteiger partial charge in [-0.25, -0.2) is 19.8 Å². The molecule has 0 spiro atoms. The summed E-state index contributed by atoms with van der Waals surface area (Å²) in [6.07, 6.45) is 1.09. The molecule has 1 aromatic heterocycles. The van der Waals surface area contributed by atoms with Crippen LogP contribution in [0.3, 0.4) is 0 Å². The number of carbonyl (C=O) groups excluding carboxylic acids is 3. The number of carboxylic acid groups (broad SMARTS) is 1. The lowest BCUT2D eigenvalue weighted by molar-refractivity contribution is -0.139. The molecule has 0 radical (unpaired) electrons. The molecular formula is C26H36N8O6. The molecule has 1 atom stereocenters. The Hall–Kier alpha value is -4.43. The number of carbonyl (C=O) groups is 4. The Morgan fingerprint density at radius 1 is 1.10 bits per heavy atom. The second kappa shape index (κ2) is 13.6. The van der Waals surface area contributed by atoms with E-state index in [1.807, 2.05) is 0 Å². The van der Waals surface area contributed by atoms with E-state index in [2.05, 4.69) is 42.9 Å². The first kappa shape index (κ1) is 31.8. The van der Waals surface area contributed by atoms with Gasteiger partial charge in [0.2, 0.25) is 5.91 Å². The lowest BCUT2D eigenvalue weighted by Crippen LogP contribution is -2.57. The zero-order chi connectivity index (χ0) is 30.1. The Kier molecular flexibility index (Phi) is 10.8. The highest BCUT2D eigenvalue weighted by atomic mass is 16.4. The van der Waals surface area contributed by atoms with Crippen LogP contribution in [0.2, 0.25) is 0 Å². The molecule has 0 fully saturated rings. The topological polar surface area (TPSA) is 221 Å². The maximum Gasteiger partial charge on any atom is 0.326 e. The minimum Gasteiger partial charge on any atom is -0.480 e. The largest absolute Gasteiger partial charge is 0.480 e. The molecule has 2 rings (SSSR count). The fourth-order valence-corrected chi connectivity index (χ4v) is 3.22. The Balaban J connectivity index is 1.97. The number of carboxylic acids is 1. The number of amides is 3. The number of hydrogen-bond acceptors (Lipinski definition) is 10. The Morgan fingerprint density at radius 2 is 1.75 bits per heavy atom. The molecule has 0 saturated heterocycles. The maximum atomic E-state index is 12.7. The Bertz CT molecular complexity index is 1240. The van der Waals surface area contributed by atoms with Gasteiger partial charge in [-0.05, 0) is 58.5 Å². The standard InChI is InChI=1S/C26H36N8O6/c1-25(2,26(3,4)40)34-19(35)11-10-17(24(38)39)32-22(36)16-8-6-15(7-9-16)12-29-18-13-30-21(28-5)20(33-18)23(37)31-14-27/h6-9,13,17,40H,5,10-12,14,27H2,1-4H3,(H,29,33)(H,31,37)(H,32,36)(H,34,35)(H,38,39). The number of nitrogens with zero attached hydrogens (tertiary/aromatic N) is 3. The van der Waals surface area contributed by atoms with Gasteiger partial charge in [-0.15, -0.1) is 0 Å². The van der Waals surface area contributed by atoms with Crippen molar-refractivity contribution in [2.24, 2.45) is 10.7 Å². The number of hydrogen-bond donors (Lipinski definition) is 7. The third-order valence-corrected chi connectivity index (χ3v) is 6.32. The summed E-state index contributed by atoms with van der Waals surface area (Å²) < 4.78 is 0. The minimum absolute atomic E-state index is 0.0381. The molecule has 8 N–H and O–H groups in total. The molecule has 0 bridgehead atoms. The van der Waals surface area contributed by atoms with Crippen LogP contribution in [-0.2, 0) is 16.1 Å². The van der Waals surface area contributed by atoms with Crippen molar-refractivity contribution in [1.82, 2.24) is 25.9 Å². The van der Waals surface area contributed by atoms with Gasteiger partial charge >= 0.3 is 5.97 Å². The first-order chi connectivity index (χ1) is 18.7. The summed E-state index contributed by atoms with van der Waals surface area (Å²) in [4.78, 5) is 60.7. The molecule has 2 aromatic rings. The highest BCUT2D eigenvalue weighted by Gasteiger charge is 2.36. The summed E-state index contributed by atoms with van der Waals surface area (Å²) in [5.41, 5.74) is 4.15. The van der Waals surface area contributed by atoms with Crippen LogP contribution in [-0.4, -0.2) is 74.4 Å². The third-order valence-electron chi connectivity index (χ3n) is 6.32. The number of aliphatic carboxylic acids is 1. The summed E-state index contributed by atoms with van der Waals surface area (Å²) in [6, 6.07) is 5.10.